The molecule has 0 aromatic heterocycles. The van der Waals surface area contributed by atoms with Gasteiger partial charge in [-0.2, -0.15) is 4.31 Å². The lowest BCUT2D eigenvalue weighted by atomic mass is 10.1. The monoisotopic (exact) mass is 448 g/mol. The van der Waals surface area contributed by atoms with Crippen molar-refractivity contribution in [3.63, 3.8) is 0 Å². The molecule has 1 fully saturated rings. The number of nitrogens with zero attached hydrogens (tertiary/aromatic N) is 1. The maximum atomic E-state index is 12.7. The number of nitrogens with one attached hydrogen (secondary N) is 1. The van der Waals surface area contributed by atoms with Crippen LogP contribution in [0.15, 0.2) is 47.4 Å². The summed E-state index contributed by atoms with van der Waals surface area (Å²) >= 11 is 0. The third-order valence-electron chi connectivity index (χ3n) is 5.16. The Morgan fingerprint density at radius 3 is 2.23 bits per heavy atom. The molecular weight excluding hydrogens is 420 g/mol. The summed E-state index contributed by atoms with van der Waals surface area (Å²) in [6, 6.07) is 12.2. The van der Waals surface area contributed by atoms with Gasteiger partial charge in [0.05, 0.1) is 44.4 Å². The maximum absolute atomic E-state index is 12.7. The van der Waals surface area contributed by atoms with E-state index in [1.807, 2.05) is 18.2 Å². The number of ether oxygens (including phenoxy) is 3. The van der Waals surface area contributed by atoms with Crippen molar-refractivity contribution in [2.24, 2.45) is 0 Å². The number of carbonyl (C=O) groups is 1. The van der Waals surface area contributed by atoms with Gasteiger partial charge in [0, 0.05) is 19.5 Å². The van der Waals surface area contributed by atoms with Crippen molar-refractivity contribution < 1.29 is 27.4 Å². The van der Waals surface area contributed by atoms with Crippen LogP contribution in [0.3, 0.4) is 0 Å². The summed E-state index contributed by atoms with van der Waals surface area (Å²) < 4.78 is 42.7. The quantitative estimate of drug-likeness (QED) is 0.630. The molecule has 3 rings (SSSR count). The first-order valence-electron chi connectivity index (χ1n) is 10.1. The Hall–Kier alpha value is -2.62. The average molecular weight is 449 g/mol. The van der Waals surface area contributed by atoms with Crippen molar-refractivity contribution in [1.29, 1.82) is 0 Å². The lowest BCUT2D eigenvalue weighted by Gasteiger charge is -2.26. The standard InChI is InChI=1S/C22H28N2O6S/c1-28-20-4-3-5-21(29-2)19(20)16-23-22(25)11-8-17-6-9-18(10-7-17)31(26,27)24-12-14-30-15-13-24/h3-7,9-10H,8,11-16H2,1-2H3,(H,23,25). The largest absolute Gasteiger partial charge is 0.496 e. The molecule has 0 atom stereocenters. The molecule has 1 saturated heterocycles. The number of carbonyl (C=O) groups excluding carboxylic acids is 1. The van der Waals surface area contributed by atoms with E-state index >= 15 is 0 Å². The molecule has 1 heterocycles. The zero-order valence-electron chi connectivity index (χ0n) is 17.8. The Bertz CT molecular complexity index is 963. The minimum atomic E-state index is -3.51. The van der Waals surface area contributed by atoms with E-state index in [9.17, 15) is 13.2 Å². The number of methoxy groups -OCH3 is 2. The van der Waals surface area contributed by atoms with Crippen molar-refractivity contribution in [2.45, 2.75) is 24.3 Å². The van der Waals surface area contributed by atoms with Crippen LogP contribution in [0.5, 0.6) is 11.5 Å². The van der Waals surface area contributed by atoms with E-state index in [0.717, 1.165) is 11.1 Å². The number of hydrogen-bond acceptors (Lipinski definition) is 6. The van der Waals surface area contributed by atoms with E-state index in [-0.39, 0.29) is 17.2 Å². The summed E-state index contributed by atoms with van der Waals surface area (Å²) in [4.78, 5) is 12.6. The summed E-state index contributed by atoms with van der Waals surface area (Å²) in [6.07, 6.45) is 0.791. The van der Waals surface area contributed by atoms with Crippen LogP contribution >= 0.6 is 0 Å². The minimum absolute atomic E-state index is 0.113. The van der Waals surface area contributed by atoms with Gasteiger partial charge in [-0.15, -0.1) is 0 Å². The molecule has 1 aliphatic heterocycles. The van der Waals surface area contributed by atoms with Crippen LogP contribution < -0.4 is 14.8 Å². The highest BCUT2D eigenvalue weighted by Crippen LogP contribution is 2.28. The van der Waals surface area contributed by atoms with Crippen LogP contribution in [0.25, 0.3) is 0 Å². The van der Waals surface area contributed by atoms with Crippen molar-refractivity contribution in [3.8, 4) is 11.5 Å². The molecule has 1 amide bonds. The number of hydrogen-bond donors (Lipinski definition) is 1. The van der Waals surface area contributed by atoms with Gasteiger partial charge in [-0.05, 0) is 36.2 Å². The van der Waals surface area contributed by atoms with Gasteiger partial charge in [-0.3, -0.25) is 4.79 Å². The number of benzene rings is 2. The molecule has 0 bridgehead atoms. The summed E-state index contributed by atoms with van der Waals surface area (Å²) in [5.74, 6) is 1.19. The fourth-order valence-corrected chi connectivity index (χ4v) is 4.81. The fourth-order valence-electron chi connectivity index (χ4n) is 3.40. The van der Waals surface area contributed by atoms with E-state index < -0.39 is 10.0 Å². The van der Waals surface area contributed by atoms with E-state index in [2.05, 4.69) is 5.32 Å². The molecule has 2 aromatic rings. The lowest BCUT2D eigenvalue weighted by molar-refractivity contribution is -0.121. The zero-order chi connectivity index (χ0) is 22.3. The number of rotatable bonds is 9. The van der Waals surface area contributed by atoms with Crippen LogP contribution in [0, 0.1) is 0 Å². The highest BCUT2D eigenvalue weighted by molar-refractivity contribution is 7.89. The smallest absolute Gasteiger partial charge is 0.243 e. The molecule has 0 radical (unpaired) electrons. The van der Waals surface area contributed by atoms with Gasteiger partial charge in [0.25, 0.3) is 0 Å². The Morgan fingerprint density at radius 1 is 1.03 bits per heavy atom. The van der Waals surface area contributed by atoms with Crippen molar-refractivity contribution in [1.82, 2.24) is 9.62 Å². The van der Waals surface area contributed by atoms with E-state index in [1.54, 1.807) is 38.5 Å². The van der Waals surface area contributed by atoms with Gasteiger partial charge in [-0.1, -0.05) is 18.2 Å². The number of sulfonamides is 1. The minimum Gasteiger partial charge on any atom is -0.496 e. The summed E-state index contributed by atoms with van der Waals surface area (Å²) in [7, 11) is -0.367. The number of morpholine rings is 1. The number of amides is 1. The molecule has 31 heavy (non-hydrogen) atoms. The van der Waals surface area contributed by atoms with Crippen LogP contribution in [0.1, 0.15) is 17.5 Å². The van der Waals surface area contributed by atoms with Crippen LogP contribution in [-0.2, 0) is 32.5 Å². The van der Waals surface area contributed by atoms with Gasteiger partial charge >= 0.3 is 0 Å². The van der Waals surface area contributed by atoms with E-state index in [0.29, 0.717) is 50.8 Å². The highest BCUT2D eigenvalue weighted by Gasteiger charge is 2.26. The number of aryl methyl sites for hydroxylation is 1. The van der Waals surface area contributed by atoms with Crippen molar-refractivity contribution in [2.75, 3.05) is 40.5 Å². The predicted octanol–water partition coefficient (Wildman–Crippen LogP) is 1.97. The molecular formula is C22H28N2O6S. The van der Waals surface area contributed by atoms with Crippen molar-refractivity contribution in [3.05, 3.63) is 53.6 Å². The molecule has 168 valence electrons. The summed E-state index contributed by atoms with van der Waals surface area (Å²) in [5, 5.41) is 2.88. The second-order valence-corrected chi connectivity index (χ2v) is 9.02. The predicted molar refractivity (Wildman–Crippen MR) is 116 cm³/mol. The van der Waals surface area contributed by atoms with Crippen LogP contribution in [0.4, 0.5) is 0 Å². The Labute approximate surface area is 183 Å². The van der Waals surface area contributed by atoms with Gasteiger partial charge in [0.15, 0.2) is 0 Å². The first kappa shape index (κ1) is 23.1. The molecule has 0 unspecified atom stereocenters. The van der Waals surface area contributed by atoms with Gasteiger partial charge in [-0.25, -0.2) is 8.42 Å². The third kappa shape index (κ3) is 5.75. The third-order valence-corrected chi connectivity index (χ3v) is 7.08. The van der Waals surface area contributed by atoms with Crippen LogP contribution in [-0.4, -0.2) is 59.2 Å². The first-order chi connectivity index (χ1) is 15.0. The Balaban J connectivity index is 1.54. The second-order valence-electron chi connectivity index (χ2n) is 7.08. The summed E-state index contributed by atoms with van der Waals surface area (Å²) in [6.45, 7) is 1.84. The van der Waals surface area contributed by atoms with Gasteiger partial charge in [0.1, 0.15) is 11.5 Å². The zero-order valence-corrected chi connectivity index (χ0v) is 18.6. The molecule has 0 spiro atoms. The van der Waals surface area contributed by atoms with Gasteiger partial charge < -0.3 is 19.5 Å². The van der Waals surface area contributed by atoms with Crippen molar-refractivity contribution >= 4 is 15.9 Å². The SMILES string of the molecule is COc1cccc(OC)c1CNC(=O)CCc1ccc(S(=O)(=O)N2CCOCC2)cc1. The van der Waals surface area contributed by atoms with E-state index in [1.165, 1.54) is 4.31 Å². The highest BCUT2D eigenvalue weighted by atomic mass is 32.2. The molecule has 9 heteroatoms. The molecule has 0 saturated carbocycles. The average Bonchev–Trinajstić information content (AvgIpc) is 2.81. The Morgan fingerprint density at radius 2 is 1.65 bits per heavy atom. The topological polar surface area (TPSA) is 94.2 Å². The molecule has 1 aliphatic rings. The van der Waals surface area contributed by atoms with Crippen LogP contribution in [0.2, 0.25) is 0 Å². The first-order valence-corrected chi connectivity index (χ1v) is 11.5. The maximum Gasteiger partial charge on any atom is 0.243 e. The Kier molecular flexibility index (Phi) is 7.89. The van der Waals surface area contributed by atoms with E-state index in [4.69, 9.17) is 14.2 Å². The lowest BCUT2D eigenvalue weighted by Crippen LogP contribution is -2.40. The van der Waals surface area contributed by atoms with Gasteiger partial charge in [0.2, 0.25) is 15.9 Å². The molecule has 1 N–H and O–H groups in total. The molecule has 2 aromatic carbocycles. The second kappa shape index (κ2) is 10.6. The molecule has 8 nitrogen and oxygen atoms in total. The fraction of sp³-hybridized carbons (Fsp3) is 0.409. The normalized spacial score (nSPS) is 14.8. The summed E-state index contributed by atoms with van der Waals surface area (Å²) in [5.41, 5.74) is 1.67. The molecule has 0 aliphatic carbocycles.